The fourth-order valence-electron chi connectivity index (χ4n) is 2.08. The van der Waals surface area contributed by atoms with Crippen LogP contribution in [0.4, 0.5) is 0 Å². The summed E-state index contributed by atoms with van der Waals surface area (Å²) in [6.07, 6.45) is 1.76. The monoisotopic (exact) mass is 294 g/mol. The Labute approximate surface area is 121 Å². The predicted octanol–water partition coefficient (Wildman–Crippen LogP) is 1.73. The second-order valence-electron chi connectivity index (χ2n) is 4.59. The fourth-order valence-corrected chi connectivity index (χ4v) is 2.28. The number of benzene rings is 1. The summed E-state index contributed by atoms with van der Waals surface area (Å²) in [5, 5.41) is 17.8. The molecule has 1 atom stereocenters. The molecule has 1 aromatic carbocycles. The number of aliphatic carboxylic acids is 1. The van der Waals surface area contributed by atoms with E-state index in [0.29, 0.717) is 22.8 Å². The number of carboxylic acid groups (broad SMARTS) is 1. The van der Waals surface area contributed by atoms with Crippen molar-refractivity contribution in [1.82, 2.24) is 19.9 Å². The van der Waals surface area contributed by atoms with Gasteiger partial charge in [0.15, 0.2) is 0 Å². The lowest BCUT2D eigenvalue weighted by Gasteiger charge is -2.24. The summed E-state index contributed by atoms with van der Waals surface area (Å²) in [5.41, 5.74) is 1.35. The highest BCUT2D eigenvalue weighted by molar-refractivity contribution is 6.30. The molecule has 0 saturated carbocycles. The van der Waals surface area contributed by atoms with Gasteiger partial charge in [-0.2, -0.15) is 0 Å². The van der Waals surface area contributed by atoms with E-state index in [0.717, 1.165) is 0 Å². The minimum absolute atomic E-state index is 0.386. The van der Waals surface area contributed by atoms with Gasteiger partial charge in [0.05, 0.1) is 5.69 Å². The standard InChI is InChI=1S/C13H15ClN4O2/c1-17(7-11-8-18(2)16-15-11)12(13(19)20)9-4-3-5-10(14)6-9/h3-6,8,12H,7H2,1-2H3,(H,19,20)/t12-/m1/s1. The number of halogens is 1. The van der Waals surface area contributed by atoms with Gasteiger partial charge in [0.25, 0.3) is 0 Å². The van der Waals surface area contributed by atoms with E-state index in [2.05, 4.69) is 10.3 Å². The first-order chi connectivity index (χ1) is 9.47. The summed E-state index contributed by atoms with van der Waals surface area (Å²) in [6, 6.07) is 6.08. The van der Waals surface area contributed by atoms with Crippen LogP contribution in [-0.4, -0.2) is 38.0 Å². The molecule has 6 nitrogen and oxygen atoms in total. The Kier molecular flexibility index (Phi) is 4.36. The Balaban J connectivity index is 2.22. The van der Waals surface area contributed by atoms with E-state index in [4.69, 9.17) is 11.6 Å². The minimum Gasteiger partial charge on any atom is -0.480 e. The maximum atomic E-state index is 11.5. The predicted molar refractivity (Wildman–Crippen MR) is 74.3 cm³/mol. The van der Waals surface area contributed by atoms with Gasteiger partial charge >= 0.3 is 5.97 Å². The summed E-state index contributed by atoms with van der Waals surface area (Å²) in [5.74, 6) is -0.932. The summed E-state index contributed by atoms with van der Waals surface area (Å²) in [4.78, 5) is 13.2. The third-order valence-corrected chi connectivity index (χ3v) is 3.14. The quantitative estimate of drug-likeness (QED) is 0.909. The van der Waals surface area contributed by atoms with E-state index in [1.807, 2.05) is 0 Å². The third kappa shape index (κ3) is 3.34. The van der Waals surface area contributed by atoms with E-state index in [1.54, 1.807) is 54.1 Å². The smallest absolute Gasteiger partial charge is 0.325 e. The Morgan fingerprint density at radius 2 is 2.30 bits per heavy atom. The van der Waals surface area contributed by atoms with Crippen molar-refractivity contribution >= 4 is 17.6 Å². The van der Waals surface area contributed by atoms with E-state index in [-0.39, 0.29) is 0 Å². The van der Waals surface area contributed by atoms with Crippen molar-refractivity contribution in [2.75, 3.05) is 7.05 Å². The maximum Gasteiger partial charge on any atom is 0.325 e. The van der Waals surface area contributed by atoms with Gasteiger partial charge in [-0.3, -0.25) is 14.4 Å². The normalized spacial score (nSPS) is 12.6. The van der Waals surface area contributed by atoms with Gasteiger partial charge in [-0.05, 0) is 24.7 Å². The SMILES string of the molecule is CN(Cc1cn(C)nn1)[C@@H](C(=O)O)c1cccc(Cl)c1. The van der Waals surface area contributed by atoms with Crippen molar-refractivity contribution in [1.29, 1.82) is 0 Å². The van der Waals surface area contributed by atoms with E-state index in [9.17, 15) is 9.90 Å². The van der Waals surface area contributed by atoms with Crippen molar-refractivity contribution < 1.29 is 9.90 Å². The van der Waals surface area contributed by atoms with Crippen LogP contribution in [0.15, 0.2) is 30.5 Å². The van der Waals surface area contributed by atoms with Crippen LogP contribution in [0.3, 0.4) is 0 Å². The van der Waals surface area contributed by atoms with Crippen LogP contribution >= 0.6 is 11.6 Å². The van der Waals surface area contributed by atoms with Crippen LogP contribution in [0.25, 0.3) is 0 Å². The number of aryl methyl sites for hydroxylation is 1. The molecule has 0 unspecified atom stereocenters. The molecule has 0 amide bonds. The molecule has 20 heavy (non-hydrogen) atoms. The maximum absolute atomic E-state index is 11.5. The molecule has 7 heteroatoms. The number of hydrogen-bond donors (Lipinski definition) is 1. The topological polar surface area (TPSA) is 71.2 Å². The van der Waals surface area contributed by atoms with Crippen molar-refractivity contribution in [2.24, 2.45) is 7.05 Å². The highest BCUT2D eigenvalue weighted by atomic mass is 35.5. The van der Waals surface area contributed by atoms with Gasteiger partial charge in [-0.1, -0.05) is 28.9 Å². The van der Waals surface area contributed by atoms with Crippen molar-refractivity contribution in [3.8, 4) is 0 Å². The molecule has 0 bridgehead atoms. The Morgan fingerprint density at radius 1 is 1.55 bits per heavy atom. The fraction of sp³-hybridized carbons (Fsp3) is 0.308. The highest BCUT2D eigenvalue weighted by Gasteiger charge is 2.25. The first kappa shape index (κ1) is 14.5. The summed E-state index contributed by atoms with van der Waals surface area (Å²) in [6.45, 7) is 0.386. The Hall–Kier alpha value is -1.92. The number of rotatable bonds is 5. The molecule has 0 aliphatic heterocycles. The molecule has 1 N–H and O–H groups in total. The number of nitrogens with zero attached hydrogens (tertiary/aromatic N) is 4. The third-order valence-electron chi connectivity index (χ3n) is 2.90. The lowest BCUT2D eigenvalue weighted by Crippen LogP contribution is -2.30. The first-order valence-electron chi connectivity index (χ1n) is 6.01. The van der Waals surface area contributed by atoms with Crippen LogP contribution in [0.2, 0.25) is 5.02 Å². The number of carboxylic acids is 1. The minimum atomic E-state index is -0.932. The van der Waals surface area contributed by atoms with Gasteiger partial charge in [0.2, 0.25) is 0 Å². The van der Waals surface area contributed by atoms with Crippen LogP contribution in [0.1, 0.15) is 17.3 Å². The molecule has 0 spiro atoms. The molecular formula is C13H15ClN4O2. The first-order valence-corrected chi connectivity index (χ1v) is 6.39. The van der Waals surface area contributed by atoms with Crippen molar-refractivity contribution in [3.05, 3.63) is 46.7 Å². The van der Waals surface area contributed by atoms with Crippen LogP contribution in [0.5, 0.6) is 0 Å². The molecule has 0 radical (unpaired) electrons. The molecule has 0 aliphatic carbocycles. The van der Waals surface area contributed by atoms with Crippen LogP contribution in [-0.2, 0) is 18.4 Å². The van der Waals surface area contributed by atoms with Gasteiger partial charge in [0, 0.05) is 24.8 Å². The van der Waals surface area contributed by atoms with E-state index < -0.39 is 12.0 Å². The van der Waals surface area contributed by atoms with Crippen LogP contribution < -0.4 is 0 Å². The molecule has 106 valence electrons. The zero-order valence-electron chi connectivity index (χ0n) is 11.2. The molecular weight excluding hydrogens is 280 g/mol. The molecule has 2 aromatic rings. The lowest BCUT2D eigenvalue weighted by molar-refractivity contribution is -0.143. The lowest BCUT2D eigenvalue weighted by atomic mass is 10.1. The van der Waals surface area contributed by atoms with Crippen molar-refractivity contribution in [3.63, 3.8) is 0 Å². The zero-order chi connectivity index (χ0) is 14.7. The molecule has 1 heterocycles. The largest absolute Gasteiger partial charge is 0.480 e. The average Bonchev–Trinajstić information content (AvgIpc) is 2.74. The average molecular weight is 295 g/mol. The molecule has 0 saturated heterocycles. The summed E-state index contributed by atoms with van der Waals surface area (Å²) in [7, 11) is 3.50. The van der Waals surface area contributed by atoms with Gasteiger partial charge in [0.1, 0.15) is 6.04 Å². The Bertz CT molecular complexity index is 614. The molecule has 1 aromatic heterocycles. The summed E-state index contributed by atoms with van der Waals surface area (Å²) >= 11 is 5.92. The second kappa shape index (κ2) is 6.02. The van der Waals surface area contributed by atoms with E-state index in [1.165, 1.54) is 0 Å². The van der Waals surface area contributed by atoms with Gasteiger partial charge < -0.3 is 5.11 Å². The van der Waals surface area contributed by atoms with Gasteiger partial charge in [-0.25, -0.2) is 0 Å². The second-order valence-corrected chi connectivity index (χ2v) is 5.03. The van der Waals surface area contributed by atoms with Crippen molar-refractivity contribution in [2.45, 2.75) is 12.6 Å². The highest BCUT2D eigenvalue weighted by Crippen LogP contribution is 2.23. The number of hydrogen-bond acceptors (Lipinski definition) is 4. The molecule has 2 rings (SSSR count). The molecule has 0 fully saturated rings. The zero-order valence-corrected chi connectivity index (χ0v) is 11.9. The molecule has 0 aliphatic rings. The number of aromatic nitrogens is 3. The van der Waals surface area contributed by atoms with E-state index >= 15 is 0 Å². The summed E-state index contributed by atoms with van der Waals surface area (Å²) < 4.78 is 1.58. The van der Waals surface area contributed by atoms with Gasteiger partial charge in [-0.15, -0.1) is 5.10 Å². The van der Waals surface area contributed by atoms with Crippen LogP contribution in [0, 0.1) is 0 Å². The number of likely N-dealkylation sites (N-methyl/N-ethyl adjacent to an activating group) is 1. The Morgan fingerprint density at radius 3 is 2.85 bits per heavy atom. The number of carbonyl (C=O) groups is 1.